The van der Waals surface area contributed by atoms with Crippen molar-refractivity contribution in [1.82, 2.24) is 15.0 Å². The Labute approximate surface area is 213 Å². The smallest absolute Gasteiger partial charge is 0.263 e. The molecule has 0 unspecified atom stereocenters. The fraction of sp³-hybridized carbons (Fsp3) is 0.0741. The van der Waals surface area contributed by atoms with E-state index in [1.54, 1.807) is 54.1 Å². The fourth-order valence-corrected chi connectivity index (χ4v) is 5.21. The van der Waals surface area contributed by atoms with E-state index in [0.717, 1.165) is 22.3 Å². The van der Waals surface area contributed by atoms with E-state index in [9.17, 15) is 8.42 Å². The van der Waals surface area contributed by atoms with Crippen LogP contribution in [0.2, 0.25) is 0 Å². The first-order chi connectivity index (χ1) is 17.5. The summed E-state index contributed by atoms with van der Waals surface area (Å²) in [5.41, 5.74) is 4.28. The quantitative estimate of drug-likeness (QED) is 0.275. The van der Waals surface area contributed by atoms with E-state index in [1.165, 1.54) is 11.1 Å². The molecule has 0 spiro atoms. The number of benzene rings is 2. The lowest BCUT2D eigenvalue weighted by atomic mass is 10.1. The Morgan fingerprint density at radius 1 is 0.917 bits per heavy atom. The van der Waals surface area contributed by atoms with Crippen molar-refractivity contribution in [2.45, 2.75) is 18.4 Å². The third-order valence-electron chi connectivity index (χ3n) is 5.39. The van der Waals surface area contributed by atoms with Gasteiger partial charge < -0.3 is 4.74 Å². The monoisotopic (exact) mass is 514 g/mol. The maximum atomic E-state index is 13.0. The summed E-state index contributed by atoms with van der Waals surface area (Å²) in [5.74, 6) is 0.0906. The van der Waals surface area contributed by atoms with Gasteiger partial charge in [0.15, 0.2) is 0 Å². The third-order valence-corrected chi connectivity index (χ3v) is 7.66. The van der Waals surface area contributed by atoms with Gasteiger partial charge in [-0.25, -0.2) is 18.4 Å². The number of anilines is 1. The van der Waals surface area contributed by atoms with Gasteiger partial charge in [0, 0.05) is 28.4 Å². The molecule has 9 heteroatoms. The van der Waals surface area contributed by atoms with Gasteiger partial charge in [0.25, 0.3) is 15.9 Å². The number of nitrogens with zero attached hydrogens (tertiary/aromatic N) is 3. The first-order valence-electron chi connectivity index (χ1n) is 11.1. The number of hydrogen-bond acceptors (Lipinski definition) is 7. The number of thiophene rings is 1. The Bertz CT molecular complexity index is 1550. The van der Waals surface area contributed by atoms with Gasteiger partial charge in [0.05, 0.1) is 16.8 Å². The average molecular weight is 515 g/mol. The molecular weight excluding hydrogens is 492 g/mol. The molecule has 5 rings (SSSR count). The van der Waals surface area contributed by atoms with Crippen LogP contribution in [0.5, 0.6) is 5.88 Å². The molecule has 3 heterocycles. The predicted octanol–water partition coefficient (Wildman–Crippen LogP) is 5.96. The number of nitrogens with one attached hydrogen (secondary N) is 1. The molecule has 0 fully saturated rings. The molecule has 7 nitrogen and oxygen atoms in total. The topological polar surface area (TPSA) is 94.1 Å². The second-order valence-corrected chi connectivity index (χ2v) is 10.7. The maximum Gasteiger partial charge on any atom is 0.263 e. The van der Waals surface area contributed by atoms with E-state index in [1.807, 2.05) is 48.7 Å². The van der Waals surface area contributed by atoms with E-state index in [2.05, 4.69) is 25.7 Å². The zero-order valence-corrected chi connectivity index (χ0v) is 21.0. The van der Waals surface area contributed by atoms with E-state index in [4.69, 9.17) is 4.74 Å². The predicted molar refractivity (Wildman–Crippen MR) is 141 cm³/mol. The van der Waals surface area contributed by atoms with Crippen LogP contribution < -0.4 is 9.46 Å². The summed E-state index contributed by atoms with van der Waals surface area (Å²) in [6.45, 7) is 2.05. The van der Waals surface area contributed by atoms with Gasteiger partial charge >= 0.3 is 0 Å². The Morgan fingerprint density at radius 2 is 1.69 bits per heavy atom. The summed E-state index contributed by atoms with van der Waals surface area (Å²) < 4.78 is 34.5. The molecule has 0 amide bonds. The second kappa shape index (κ2) is 10.3. The lowest BCUT2D eigenvalue weighted by Gasteiger charge is -2.13. The molecule has 0 atom stereocenters. The van der Waals surface area contributed by atoms with Crippen LogP contribution in [0.1, 0.15) is 11.1 Å². The van der Waals surface area contributed by atoms with Crippen molar-refractivity contribution in [1.29, 1.82) is 0 Å². The first-order valence-corrected chi connectivity index (χ1v) is 13.5. The highest BCUT2D eigenvalue weighted by Gasteiger charge is 2.20. The molecule has 180 valence electrons. The van der Waals surface area contributed by atoms with Crippen molar-refractivity contribution in [3.63, 3.8) is 0 Å². The molecule has 5 aromatic rings. The summed E-state index contributed by atoms with van der Waals surface area (Å²) in [6, 6.07) is 22.3. The molecule has 0 radical (unpaired) electrons. The number of ether oxygens (including phenoxy) is 1. The van der Waals surface area contributed by atoms with Gasteiger partial charge in [-0.2, -0.15) is 0 Å². The molecule has 36 heavy (non-hydrogen) atoms. The number of hydrogen-bond donors (Lipinski definition) is 1. The lowest BCUT2D eigenvalue weighted by molar-refractivity contribution is 0.294. The molecule has 3 aromatic heterocycles. The minimum atomic E-state index is -3.89. The normalized spacial score (nSPS) is 11.2. The highest BCUT2D eigenvalue weighted by atomic mass is 32.2. The van der Waals surface area contributed by atoms with Crippen molar-refractivity contribution in [3.8, 4) is 27.6 Å². The van der Waals surface area contributed by atoms with Crippen molar-refractivity contribution < 1.29 is 13.2 Å². The van der Waals surface area contributed by atoms with E-state index >= 15 is 0 Å². The third kappa shape index (κ3) is 5.42. The van der Waals surface area contributed by atoms with Crippen molar-refractivity contribution >= 4 is 27.2 Å². The molecule has 0 bridgehead atoms. The summed E-state index contributed by atoms with van der Waals surface area (Å²) in [5, 5.41) is 2.04. The van der Waals surface area contributed by atoms with Crippen LogP contribution in [0, 0.1) is 6.92 Å². The van der Waals surface area contributed by atoms with Crippen LogP contribution in [0.15, 0.2) is 102 Å². The minimum Gasteiger partial charge on any atom is -0.470 e. The van der Waals surface area contributed by atoms with Crippen LogP contribution in [-0.2, 0) is 16.6 Å². The lowest BCUT2D eigenvalue weighted by Crippen LogP contribution is -2.15. The van der Waals surface area contributed by atoms with Gasteiger partial charge in [0.2, 0.25) is 5.82 Å². The van der Waals surface area contributed by atoms with Crippen LogP contribution in [0.4, 0.5) is 5.82 Å². The average Bonchev–Trinajstić information content (AvgIpc) is 3.44. The number of aromatic nitrogens is 3. The van der Waals surface area contributed by atoms with Gasteiger partial charge in [-0.3, -0.25) is 9.71 Å². The SMILES string of the molecule is Cc1ccc(S(=O)(=O)Nc2ncc(-c3ccc(-c4cccs4)cc3)nc2OCc2cccnc2)cc1. The zero-order chi connectivity index (χ0) is 25.0. The molecule has 0 saturated heterocycles. The fourth-order valence-electron chi connectivity index (χ4n) is 3.47. The number of aryl methyl sites for hydroxylation is 1. The van der Waals surface area contributed by atoms with Gasteiger partial charge in [-0.1, -0.05) is 54.1 Å². The molecular formula is C27H22N4O3S2. The summed E-state index contributed by atoms with van der Waals surface area (Å²) >= 11 is 1.67. The van der Waals surface area contributed by atoms with Gasteiger partial charge in [0.1, 0.15) is 6.61 Å². The zero-order valence-electron chi connectivity index (χ0n) is 19.3. The van der Waals surface area contributed by atoms with Crippen LogP contribution in [-0.4, -0.2) is 23.4 Å². The minimum absolute atomic E-state index is 0.0124. The van der Waals surface area contributed by atoms with Crippen LogP contribution in [0.25, 0.3) is 21.7 Å². The molecule has 2 aromatic carbocycles. The molecule has 0 aliphatic carbocycles. The second-order valence-electron chi connectivity index (χ2n) is 8.03. The first kappa shape index (κ1) is 23.7. The van der Waals surface area contributed by atoms with Gasteiger partial charge in [-0.15, -0.1) is 11.3 Å². The Balaban J connectivity index is 1.46. The Hall–Kier alpha value is -4.08. The van der Waals surface area contributed by atoms with E-state index < -0.39 is 10.0 Å². The van der Waals surface area contributed by atoms with E-state index in [-0.39, 0.29) is 23.2 Å². The molecule has 1 N–H and O–H groups in total. The van der Waals surface area contributed by atoms with E-state index in [0.29, 0.717) is 5.69 Å². The molecule has 0 aliphatic heterocycles. The Kier molecular flexibility index (Phi) is 6.75. The number of pyridine rings is 1. The van der Waals surface area contributed by atoms with Crippen molar-refractivity contribution in [2.24, 2.45) is 0 Å². The van der Waals surface area contributed by atoms with Crippen LogP contribution in [0.3, 0.4) is 0 Å². The highest BCUT2D eigenvalue weighted by molar-refractivity contribution is 7.92. The maximum absolute atomic E-state index is 13.0. The summed E-state index contributed by atoms with van der Waals surface area (Å²) in [7, 11) is -3.89. The Morgan fingerprint density at radius 3 is 2.39 bits per heavy atom. The van der Waals surface area contributed by atoms with Crippen molar-refractivity contribution in [3.05, 3.63) is 108 Å². The molecule has 0 aliphatic rings. The summed E-state index contributed by atoms with van der Waals surface area (Å²) in [4.78, 5) is 14.4. The largest absolute Gasteiger partial charge is 0.470 e. The number of rotatable bonds is 8. The molecule has 0 saturated carbocycles. The van der Waals surface area contributed by atoms with Gasteiger partial charge in [-0.05, 0) is 42.1 Å². The van der Waals surface area contributed by atoms with Crippen LogP contribution >= 0.6 is 11.3 Å². The number of sulfonamides is 1. The highest BCUT2D eigenvalue weighted by Crippen LogP contribution is 2.30. The summed E-state index contributed by atoms with van der Waals surface area (Å²) in [6.07, 6.45) is 4.88. The van der Waals surface area contributed by atoms with Crippen molar-refractivity contribution in [2.75, 3.05) is 4.72 Å². The standard InChI is InChI=1S/C27H22N4O3S2/c1-19-6-12-23(13-7-19)36(32,33)31-26-27(34-18-20-4-2-14-28-16-20)30-24(17-29-26)21-8-10-22(11-9-21)25-5-3-15-35-25/h2-17H,18H2,1H3,(H,29,31).